The van der Waals surface area contributed by atoms with E-state index in [0.29, 0.717) is 43.1 Å². The molecule has 13 nitrogen and oxygen atoms in total. The van der Waals surface area contributed by atoms with Crippen LogP contribution in [-0.4, -0.2) is 104 Å². The number of aliphatic hydroxyl groups excluding tert-OH is 3. The van der Waals surface area contributed by atoms with Crippen LogP contribution in [0.1, 0.15) is 158 Å². The zero-order chi connectivity index (χ0) is 46.0. The van der Waals surface area contributed by atoms with Crippen molar-refractivity contribution in [2.75, 3.05) is 47.5 Å². The molecule has 1 fully saturated rings. The second kappa shape index (κ2) is 30.7. The van der Waals surface area contributed by atoms with Gasteiger partial charge < -0.3 is 47.6 Å². The second-order valence-electron chi connectivity index (χ2n) is 18.3. The third-order valence-electron chi connectivity index (χ3n) is 11.7. The number of phosphoric acid groups is 1. The Morgan fingerprint density at radius 2 is 1.47 bits per heavy atom. The number of carbonyl (C=O) groups is 2. The largest absolute Gasteiger partial charge is 0.756 e. The number of ether oxygens (including phenoxy) is 2. The van der Waals surface area contributed by atoms with E-state index in [1.165, 1.54) is 17.5 Å². The van der Waals surface area contributed by atoms with E-state index in [1.54, 1.807) is 6.08 Å². The van der Waals surface area contributed by atoms with Crippen molar-refractivity contribution >= 4 is 19.8 Å². The summed E-state index contributed by atoms with van der Waals surface area (Å²) in [7, 11) is 0.995. The number of esters is 2. The van der Waals surface area contributed by atoms with Gasteiger partial charge in [0.15, 0.2) is 6.10 Å². The predicted molar refractivity (Wildman–Crippen MR) is 241 cm³/mol. The van der Waals surface area contributed by atoms with Gasteiger partial charge in [0.2, 0.25) is 0 Å². The van der Waals surface area contributed by atoms with Crippen LogP contribution in [0.25, 0.3) is 0 Å². The molecule has 7 atom stereocenters. The topological polar surface area (TPSA) is 185 Å². The molecule has 1 heterocycles. The minimum Gasteiger partial charge on any atom is -0.756 e. The van der Waals surface area contributed by atoms with Gasteiger partial charge >= 0.3 is 11.9 Å². The molecule has 2 rings (SSSR count). The Balaban J connectivity index is 1.75. The van der Waals surface area contributed by atoms with E-state index in [4.69, 9.17) is 22.9 Å². The summed E-state index contributed by atoms with van der Waals surface area (Å²) in [5.41, 5.74) is 2.60. The van der Waals surface area contributed by atoms with Crippen molar-refractivity contribution in [3.8, 4) is 0 Å². The van der Waals surface area contributed by atoms with Crippen molar-refractivity contribution in [1.29, 1.82) is 0 Å². The highest BCUT2D eigenvalue weighted by molar-refractivity contribution is 7.45. The molecule has 0 spiro atoms. The van der Waals surface area contributed by atoms with Crippen molar-refractivity contribution in [3.05, 3.63) is 47.0 Å². The molecule has 1 aliphatic rings. The van der Waals surface area contributed by atoms with Gasteiger partial charge in [-0.15, -0.1) is 0 Å². The average Bonchev–Trinajstić information content (AvgIpc) is 3.63. The number of aryl methyl sites for hydroxylation is 2. The van der Waals surface area contributed by atoms with Crippen LogP contribution < -0.4 is 4.89 Å². The molecule has 0 bridgehead atoms. The maximum absolute atomic E-state index is 12.8. The molecule has 1 unspecified atom stereocenters. The highest BCUT2D eigenvalue weighted by atomic mass is 31.2. The van der Waals surface area contributed by atoms with Crippen LogP contribution in [0, 0.1) is 25.7 Å². The average molecular weight is 898 g/mol. The van der Waals surface area contributed by atoms with Crippen molar-refractivity contribution in [3.63, 3.8) is 0 Å². The molecule has 0 aromatic carbocycles. The fourth-order valence-electron chi connectivity index (χ4n) is 7.70. The number of aliphatic hydroxyl groups is 3. The number of rotatable bonds is 35. The fourth-order valence-corrected chi connectivity index (χ4v) is 8.42. The van der Waals surface area contributed by atoms with Gasteiger partial charge in [-0.25, -0.2) is 0 Å². The molecule has 1 aliphatic carbocycles. The summed E-state index contributed by atoms with van der Waals surface area (Å²) in [5.74, 6) is 0.783. The van der Waals surface area contributed by atoms with Crippen LogP contribution in [0.3, 0.4) is 0 Å². The Kier molecular flexibility index (Phi) is 27.6. The van der Waals surface area contributed by atoms with E-state index in [9.17, 15) is 34.4 Å². The minimum absolute atomic E-state index is 0.0408. The van der Waals surface area contributed by atoms with Crippen LogP contribution in [-0.2, 0) is 45.5 Å². The first-order valence-electron chi connectivity index (χ1n) is 23.7. The summed E-state index contributed by atoms with van der Waals surface area (Å²) in [6.07, 6.45) is 21.5. The van der Waals surface area contributed by atoms with E-state index in [1.807, 2.05) is 39.4 Å². The van der Waals surface area contributed by atoms with Gasteiger partial charge in [0.25, 0.3) is 7.82 Å². The highest BCUT2D eigenvalue weighted by Gasteiger charge is 2.39. The van der Waals surface area contributed by atoms with Gasteiger partial charge in [-0.1, -0.05) is 95.9 Å². The quantitative estimate of drug-likeness (QED) is 0.0194. The lowest BCUT2D eigenvalue weighted by atomic mass is 9.89. The predicted octanol–water partition coefficient (Wildman–Crippen LogP) is 8.54. The van der Waals surface area contributed by atoms with Crippen LogP contribution in [0.4, 0.5) is 0 Å². The summed E-state index contributed by atoms with van der Waals surface area (Å²) in [5, 5.41) is 31.4. The van der Waals surface area contributed by atoms with Crippen LogP contribution in [0.5, 0.6) is 0 Å². The molecule has 0 saturated heterocycles. The van der Waals surface area contributed by atoms with Gasteiger partial charge in [0.1, 0.15) is 31.3 Å². The summed E-state index contributed by atoms with van der Waals surface area (Å²) in [6.45, 7) is 8.04. The lowest BCUT2D eigenvalue weighted by Gasteiger charge is -2.28. The molecule has 0 aliphatic heterocycles. The molecule has 358 valence electrons. The lowest BCUT2D eigenvalue weighted by molar-refractivity contribution is -0.870. The maximum Gasteiger partial charge on any atom is 0.306 e. The number of phosphoric ester groups is 1. The number of quaternary nitrogens is 1. The Hall–Kier alpha value is -2.35. The van der Waals surface area contributed by atoms with Crippen molar-refractivity contribution in [2.45, 2.75) is 187 Å². The van der Waals surface area contributed by atoms with Gasteiger partial charge in [-0.3, -0.25) is 14.2 Å². The smallest absolute Gasteiger partial charge is 0.306 e. The van der Waals surface area contributed by atoms with E-state index >= 15 is 0 Å². The standard InChI is InChI=1S/C48H84NO12P/c1-8-10-19-25-39(50)30-31-42-41(43(51)34-44(42)52)26-20-17-18-23-29-48(54)60-40(36-59-62(55,56)58-33-32-49(5,6)7)35-57-47(53)28-22-16-14-12-11-13-15-21-27-46-38(4)37(3)45(61-46)24-9-2/h17,20,30-31,39-44,50-52H,8-16,18-19,21-29,32-36H2,1-7H3/b20-17+,31-30+/t39-,40+,41+,42+,43-,44+/m0/s1. The number of hydrogen-bond acceptors (Lipinski definition) is 12. The Morgan fingerprint density at radius 1 is 0.823 bits per heavy atom. The molecule has 1 aromatic rings. The van der Waals surface area contributed by atoms with Gasteiger partial charge in [-0.2, -0.15) is 0 Å². The summed E-state index contributed by atoms with van der Waals surface area (Å²) < 4.78 is 40.1. The van der Waals surface area contributed by atoms with E-state index < -0.39 is 50.8 Å². The Bertz CT molecular complexity index is 1500. The second-order valence-corrected chi connectivity index (χ2v) is 19.7. The minimum atomic E-state index is -4.71. The molecule has 0 amide bonds. The summed E-state index contributed by atoms with van der Waals surface area (Å²) in [4.78, 5) is 37.9. The first-order chi connectivity index (χ1) is 29.5. The van der Waals surface area contributed by atoms with Gasteiger partial charge in [0, 0.05) is 38.0 Å². The van der Waals surface area contributed by atoms with E-state index in [-0.39, 0.29) is 44.3 Å². The number of nitrogens with zero attached hydrogens (tertiary/aromatic N) is 1. The number of likely N-dealkylation sites (N-methyl/N-ethyl adjacent to an activating group) is 1. The van der Waals surface area contributed by atoms with E-state index in [2.05, 4.69) is 27.7 Å². The van der Waals surface area contributed by atoms with Crippen LogP contribution >= 0.6 is 7.82 Å². The number of unbranched alkanes of at least 4 members (excludes halogenated alkanes) is 10. The lowest BCUT2D eigenvalue weighted by Crippen LogP contribution is -2.37. The third-order valence-corrected chi connectivity index (χ3v) is 12.7. The zero-order valence-corrected chi connectivity index (χ0v) is 40.3. The first kappa shape index (κ1) is 55.8. The molecule has 1 saturated carbocycles. The molecule has 62 heavy (non-hydrogen) atoms. The third kappa shape index (κ3) is 24.1. The van der Waals surface area contributed by atoms with Crippen molar-refractivity contribution in [2.24, 2.45) is 11.8 Å². The SMILES string of the molecule is CCCCC[C@H](O)/C=C/[C@@H]1[C@@H](C/C=C/CCCC(=O)O[C@H](COC(=O)CCCCCCCCCCc2oc(CCC)c(C)c2C)COP(=O)([O-])OCC[N+](C)(C)C)[C@@H](O)C[C@H]1O. The summed E-state index contributed by atoms with van der Waals surface area (Å²) >= 11 is 0. The molecular weight excluding hydrogens is 813 g/mol. The number of allylic oxidation sites excluding steroid dienone is 2. The van der Waals surface area contributed by atoms with Crippen molar-refractivity contribution < 1.29 is 61.8 Å². The van der Waals surface area contributed by atoms with Gasteiger partial charge in [0.05, 0.1) is 46.1 Å². The Morgan fingerprint density at radius 3 is 2.13 bits per heavy atom. The monoisotopic (exact) mass is 898 g/mol. The fraction of sp³-hybridized carbons (Fsp3) is 0.792. The molecule has 0 radical (unpaired) electrons. The Labute approximate surface area is 373 Å². The van der Waals surface area contributed by atoms with Crippen LogP contribution in [0.15, 0.2) is 28.7 Å². The molecular formula is C48H84NO12P. The molecule has 14 heteroatoms. The normalized spacial score (nSPS) is 20.2. The first-order valence-corrected chi connectivity index (χ1v) is 25.1. The number of furan rings is 1. The maximum atomic E-state index is 12.8. The van der Waals surface area contributed by atoms with Gasteiger partial charge in [-0.05, 0) is 75.8 Å². The van der Waals surface area contributed by atoms with E-state index in [0.717, 1.165) is 88.6 Å². The van der Waals surface area contributed by atoms with Crippen molar-refractivity contribution in [1.82, 2.24) is 0 Å². The number of carbonyl (C=O) groups excluding carboxylic acids is 2. The van der Waals surface area contributed by atoms with Crippen LogP contribution in [0.2, 0.25) is 0 Å². The number of hydrogen-bond donors (Lipinski definition) is 3. The summed E-state index contributed by atoms with van der Waals surface area (Å²) in [6, 6.07) is 0. The molecule has 1 aromatic heterocycles. The highest BCUT2D eigenvalue weighted by Crippen LogP contribution is 2.39. The zero-order valence-electron chi connectivity index (χ0n) is 39.4. The molecule has 3 N–H and O–H groups in total.